The van der Waals surface area contributed by atoms with Gasteiger partial charge in [-0.25, -0.2) is 4.79 Å². The fourth-order valence-electron chi connectivity index (χ4n) is 2.35. The van der Waals surface area contributed by atoms with Crippen LogP contribution in [0.3, 0.4) is 0 Å². The molecule has 2 rings (SSSR count). The number of ether oxygens (including phenoxy) is 1. The Kier molecular flexibility index (Phi) is 5.56. The molecule has 0 radical (unpaired) electrons. The minimum Gasteiger partial charge on any atom is -0.477 e. The van der Waals surface area contributed by atoms with Gasteiger partial charge in [0.25, 0.3) is 5.56 Å². The van der Waals surface area contributed by atoms with Crippen molar-refractivity contribution in [1.82, 2.24) is 4.57 Å². The number of carboxylic acid groups (broad SMARTS) is 1. The maximum atomic E-state index is 12.4. The van der Waals surface area contributed by atoms with E-state index in [1.54, 1.807) is 39.0 Å². The normalized spacial score (nSPS) is 11.3. The number of hydrogen-bond donors (Lipinski definition) is 1. The first kappa shape index (κ1) is 19.7. The van der Waals surface area contributed by atoms with Gasteiger partial charge in [-0.15, -0.1) is 0 Å². The third-order valence-electron chi connectivity index (χ3n) is 3.54. The SMILES string of the molecule is Cc1ccc(-c2cc(C(=O)O)c(=O)n(CC(=O)OC(C)(C)C)c2)cc1Cl. The Morgan fingerprint density at radius 1 is 1.19 bits per heavy atom. The Labute approximate surface area is 156 Å². The summed E-state index contributed by atoms with van der Waals surface area (Å²) in [6.45, 7) is 6.59. The minimum atomic E-state index is -1.37. The molecular formula is C19H20ClNO5. The highest BCUT2D eigenvalue weighted by molar-refractivity contribution is 6.31. The fraction of sp³-hybridized carbons (Fsp3) is 0.316. The van der Waals surface area contributed by atoms with E-state index in [4.69, 9.17) is 16.3 Å². The molecule has 0 unspecified atom stereocenters. The number of aromatic nitrogens is 1. The highest BCUT2D eigenvalue weighted by atomic mass is 35.5. The minimum absolute atomic E-state index is 0.385. The van der Waals surface area contributed by atoms with Crippen LogP contribution in [0.1, 0.15) is 36.7 Å². The largest absolute Gasteiger partial charge is 0.477 e. The van der Waals surface area contributed by atoms with Crippen LogP contribution in [0.5, 0.6) is 0 Å². The van der Waals surface area contributed by atoms with Crippen LogP contribution >= 0.6 is 11.6 Å². The topological polar surface area (TPSA) is 85.6 Å². The molecule has 26 heavy (non-hydrogen) atoms. The molecule has 0 aliphatic carbocycles. The van der Waals surface area contributed by atoms with E-state index in [-0.39, 0.29) is 6.54 Å². The van der Waals surface area contributed by atoms with Crippen LogP contribution in [0, 0.1) is 6.92 Å². The quantitative estimate of drug-likeness (QED) is 0.824. The summed E-state index contributed by atoms with van der Waals surface area (Å²) in [6, 6.07) is 6.52. The Bertz CT molecular complexity index is 925. The Morgan fingerprint density at radius 3 is 2.38 bits per heavy atom. The molecule has 1 aromatic heterocycles. The number of carboxylic acids is 1. The Morgan fingerprint density at radius 2 is 1.85 bits per heavy atom. The number of nitrogens with zero attached hydrogens (tertiary/aromatic N) is 1. The van der Waals surface area contributed by atoms with Crippen LogP contribution in [0.2, 0.25) is 5.02 Å². The molecule has 0 spiro atoms. The molecule has 0 bridgehead atoms. The first-order valence-corrected chi connectivity index (χ1v) is 8.32. The molecule has 138 valence electrons. The van der Waals surface area contributed by atoms with Gasteiger partial charge in [0, 0.05) is 11.2 Å². The van der Waals surface area contributed by atoms with E-state index < -0.39 is 28.7 Å². The maximum Gasteiger partial charge on any atom is 0.341 e. The van der Waals surface area contributed by atoms with Crippen molar-refractivity contribution in [2.45, 2.75) is 39.8 Å². The van der Waals surface area contributed by atoms with Gasteiger partial charge in [-0.05, 0) is 56.5 Å². The molecule has 7 heteroatoms. The summed E-state index contributed by atoms with van der Waals surface area (Å²) >= 11 is 6.14. The van der Waals surface area contributed by atoms with Gasteiger partial charge in [0.05, 0.1) is 0 Å². The second-order valence-electron chi connectivity index (χ2n) is 6.93. The zero-order valence-electron chi connectivity index (χ0n) is 15.0. The highest BCUT2D eigenvalue weighted by Gasteiger charge is 2.20. The molecule has 0 amide bonds. The summed E-state index contributed by atoms with van der Waals surface area (Å²) in [5, 5.41) is 9.84. The zero-order valence-corrected chi connectivity index (χ0v) is 15.8. The van der Waals surface area contributed by atoms with Crippen molar-refractivity contribution in [1.29, 1.82) is 0 Å². The predicted octanol–water partition coefficient (Wildman–Crippen LogP) is 3.52. The molecule has 0 aliphatic heterocycles. The van der Waals surface area contributed by atoms with Gasteiger partial charge in [0.1, 0.15) is 17.7 Å². The molecule has 1 N–H and O–H groups in total. The molecule has 6 nitrogen and oxygen atoms in total. The molecule has 0 fully saturated rings. The number of aromatic carboxylic acids is 1. The smallest absolute Gasteiger partial charge is 0.341 e. The molecule has 0 aliphatic rings. The van der Waals surface area contributed by atoms with Crippen LogP contribution in [0.4, 0.5) is 0 Å². The van der Waals surface area contributed by atoms with Crippen molar-refractivity contribution in [3.8, 4) is 11.1 Å². The number of aryl methyl sites for hydroxylation is 1. The number of halogens is 1. The number of esters is 1. The second kappa shape index (κ2) is 7.33. The second-order valence-corrected chi connectivity index (χ2v) is 7.34. The van der Waals surface area contributed by atoms with Gasteiger partial charge >= 0.3 is 11.9 Å². The van der Waals surface area contributed by atoms with E-state index >= 15 is 0 Å². The van der Waals surface area contributed by atoms with Crippen LogP contribution in [0.25, 0.3) is 11.1 Å². The van der Waals surface area contributed by atoms with Crippen molar-refractivity contribution >= 4 is 23.5 Å². The molecule has 1 heterocycles. The molecular weight excluding hydrogens is 358 g/mol. The van der Waals surface area contributed by atoms with Gasteiger partial charge in [-0.1, -0.05) is 23.7 Å². The molecule has 0 atom stereocenters. The number of rotatable bonds is 4. The number of benzene rings is 1. The summed E-state index contributed by atoms with van der Waals surface area (Å²) < 4.78 is 6.25. The zero-order chi connectivity index (χ0) is 19.6. The lowest BCUT2D eigenvalue weighted by molar-refractivity contribution is -0.155. The average Bonchev–Trinajstić information content (AvgIpc) is 2.50. The highest BCUT2D eigenvalue weighted by Crippen LogP contribution is 2.25. The number of carbonyl (C=O) groups excluding carboxylic acids is 1. The summed E-state index contributed by atoms with van der Waals surface area (Å²) in [5.41, 5.74) is 0.0656. The van der Waals surface area contributed by atoms with E-state index in [1.807, 2.05) is 6.92 Å². The van der Waals surface area contributed by atoms with Crippen LogP contribution < -0.4 is 5.56 Å². The summed E-state index contributed by atoms with van der Waals surface area (Å²) in [6.07, 6.45) is 1.43. The van der Waals surface area contributed by atoms with Gasteiger partial charge in [-0.3, -0.25) is 9.59 Å². The van der Waals surface area contributed by atoms with E-state index in [9.17, 15) is 19.5 Å². The van der Waals surface area contributed by atoms with E-state index in [0.717, 1.165) is 10.1 Å². The van der Waals surface area contributed by atoms with Crippen LogP contribution in [0.15, 0.2) is 35.3 Å². The molecule has 2 aromatic rings. The third kappa shape index (κ3) is 4.73. The third-order valence-corrected chi connectivity index (χ3v) is 3.95. The average molecular weight is 378 g/mol. The van der Waals surface area contributed by atoms with Crippen molar-refractivity contribution in [3.63, 3.8) is 0 Å². The standard InChI is InChI=1S/C19H20ClNO5/c1-11-5-6-12(8-15(11)20)13-7-14(18(24)25)17(23)21(9-13)10-16(22)26-19(2,3)4/h5-9H,10H2,1-4H3,(H,24,25). The van der Waals surface area contributed by atoms with Gasteiger partial charge in [0.15, 0.2) is 0 Å². The van der Waals surface area contributed by atoms with Crippen LogP contribution in [-0.4, -0.2) is 27.2 Å². The van der Waals surface area contributed by atoms with Crippen LogP contribution in [-0.2, 0) is 16.1 Å². The Hall–Kier alpha value is -2.60. The van der Waals surface area contributed by atoms with E-state index in [0.29, 0.717) is 16.1 Å². The maximum absolute atomic E-state index is 12.4. The van der Waals surface area contributed by atoms with E-state index in [1.165, 1.54) is 12.3 Å². The summed E-state index contributed by atoms with van der Waals surface area (Å²) in [7, 11) is 0. The molecule has 0 saturated heterocycles. The van der Waals surface area contributed by atoms with Crippen molar-refractivity contribution < 1.29 is 19.4 Å². The van der Waals surface area contributed by atoms with Gasteiger partial charge in [-0.2, -0.15) is 0 Å². The van der Waals surface area contributed by atoms with Gasteiger partial charge < -0.3 is 14.4 Å². The number of hydrogen-bond acceptors (Lipinski definition) is 4. The monoisotopic (exact) mass is 377 g/mol. The predicted molar refractivity (Wildman–Crippen MR) is 98.7 cm³/mol. The molecule has 1 aromatic carbocycles. The number of carbonyl (C=O) groups is 2. The lowest BCUT2D eigenvalue weighted by Gasteiger charge is -2.20. The lowest BCUT2D eigenvalue weighted by atomic mass is 10.0. The van der Waals surface area contributed by atoms with Crippen molar-refractivity contribution in [2.24, 2.45) is 0 Å². The fourth-order valence-corrected chi connectivity index (χ4v) is 2.53. The van der Waals surface area contributed by atoms with Gasteiger partial charge in [0.2, 0.25) is 0 Å². The first-order valence-electron chi connectivity index (χ1n) is 7.94. The number of pyridine rings is 1. The van der Waals surface area contributed by atoms with E-state index in [2.05, 4.69) is 0 Å². The Balaban J connectivity index is 2.52. The van der Waals surface area contributed by atoms with Crippen molar-refractivity contribution in [3.05, 3.63) is 57.0 Å². The summed E-state index contributed by atoms with van der Waals surface area (Å²) in [4.78, 5) is 35.9. The molecule has 0 saturated carbocycles. The van der Waals surface area contributed by atoms with Crippen molar-refractivity contribution in [2.75, 3.05) is 0 Å². The summed E-state index contributed by atoms with van der Waals surface area (Å²) in [5.74, 6) is -2.00. The first-order chi connectivity index (χ1) is 12.0. The lowest BCUT2D eigenvalue weighted by Crippen LogP contribution is -2.32.